The second-order valence-electron chi connectivity index (χ2n) is 16.1. The third-order valence-corrected chi connectivity index (χ3v) is 14.9. The summed E-state index contributed by atoms with van der Waals surface area (Å²) in [5, 5.41) is 0. The first-order valence-electron chi connectivity index (χ1n) is 16.7. The highest BCUT2D eigenvalue weighted by Crippen LogP contribution is 2.77. The van der Waals surface area contributed by atoms with Gasteiger partial charge in [-0.05, 0) is 188 Å². The zero-order valence-electron chi connectivity index (χ0n) is 23.9. The first-order valence-corrected chi connectivity index (χ1v) is 16.7. The van der Waals surface area contributed by atoms with E-state index in [4.69, 9.17) is 0 Å². The molecule has 8 aliphatic rings. The van der Waals surface area contributed by atoms with Gasteiger partial charge in [0.05, 0.1) is 0 Å². The molecule has 11 rings (SSSR count). The van der Waals surface area contributed by atoms with Crippen molar-refractivity contribution in [2.45, 2.75) is 94.8 Å². The molecular weight excluding hydrogens is 482 g/mol. The van der Waals surface area contributed by atoms with Crippen molar-refractivity contribution in [3.05, 3.63) is 88.5 Å². The van der Waals surface area contributed by atoms with Crippen LogP contribution in [0.25, 0.3) is 0 Å². The molecule has 6 bridgehead atoms. The van der Waals surface area contributed by atoms with Crippen molar-refractivity contribution in [3.63, 3.8) is 0 Å². The molecule has 10 atom stereocenters. The van der Waals surface area contributed by atoms with Crippen molar-refractivity contribution in [3.8, 4) is 0 Å². The molecule has 0 heterocycles. The number of anilines is 3. The second kappa shape index (κ2) is 7.08. The fourth-order valence-corrected chi connectivity index (χ4v) is 13.3. The van der Waals surface area contributed by atoms with Crippen LogP contribution in [-0.2, 0) is 0 Å². The minimum absolute atomic E-state index is 0.723. The first-order chi connectivity index (χ1) is 19.6. The average Bonchev–Trinajstić information content (AvgIpc) is 3.59. The predicted molar refractivity (Wildman–Crippen MR) is 162 cm³/mol. The minimum Gasteiger partial charge on any atom is -0.310 e. The molecule has 2 spiro atoms. The number of rotatable bonds is 3. The summed E-state index contributed by atoms with van der Waals surface area (Å²) < 4.78 is 0. The zero-order valence-corrected chi connectivity index (χ0v) is 23.9. The molecule has 0 aliphatic heterocycles. The lowest BCUT2D eigenvalue weighted by molar-refractivity contribution is 0.00321. The van der Waals surface area contributed by atoms with E-state index in [0.717, 1.165) is 58.2 Å². The van der Waals surface area contributed by atoms with E-state index in [1.165, 1.54) is 86.8 Å². The highest BCUT2D eigenvalue weighted by Gasteiger charge is 2.66. The molecule has 10 unspecified atom stereocenters. The van der Waals surface area contributed by atoms with Crippen LogP contribution in [-0.4, -0.2) is 0 Å². The maximum Gasteiger partial charge on any atom is 0.0464 e. The quantitative estimate of drug-likeness (QED) is 0.330. The van der Waals surface area contributed by atoms with Crippen LogP contribution in [0.3, 0.4) is 0 Å². The van der Waals surface area contributed by atoms with Gasteiger partial charge in [-0.15, -0.1) is 0 Å². The number of hydrogen-bond acceptors (Lipinski definition) is 1. The van der Waals surface area contributed by atoms with Crippen LogP contribution in [0.2, 0.25) is 0 Å². The van der Waals surface area contributed by atoms with E-state index < -0.39 is 0 Å². The van der Waals surface area contributed by atoms with Crippen LogP contribution in [0, 0.1) is 41.4 Å². The molecule has 40 heavy (non-hydrogen) atoms. The number of hydrogen-bond donors (Lipinski definition) is 0. The smallest absolute Gasteiger partial charge is 0.0464 e. The molecule has 202 valence electrons. The van der Waals surface area contributed by atoms with Gasteiger partial charge in [0.1, 0.15) is 0 Å². The van der Waals surface area contributed by atoms with Crippen molar-refractivity contribution < 1.29 is 0 Å². The Hall–Kier alpha value is -2.54. The average molecular weight is 524 g/mol. The summed E-state index contributed by atoms with van der Waals surface area (Å²) in [6, 6.07) is 24.7. The minimum atomic E-state index is 0.723. The molecule has 0 saturated heterocycles. The van der Waals surface area contributed by atoms with E-state index >= 15 is 0 Å². The Balaban J connectivity index is 1.06. The van der Waals surface area contributed by atoms with Crippen LogP contribution < -0.4 is 4.90 Å². The van der Waals surface area contributed by atoms with Gasteiger partial charge in [0, 0.05) is 17.1 Å². The summed E-state index contributed by atoms with van der Waals surface area (Å²) in [4.78, 5) is 2.61. The summed E-state index contributed by atoms with van der Waals surface area (Å²) in [6.07, 6.45) is 14.8. The van der Waals surface area contributed by atoms with Gasteiger partial charge in [-0.1, -0.05) is 29.8 Å². The van der Waals surface area contributed by atoms with Crippen molar-refractivity contribution in [1.29, 1.82) is 0 Å². The van der Waals surface area contributed by atoms with Crippen molar-refractivity contribution in [2.75, 3.05) is 4.90 Å². The lowest BCUT2D eigenvalue weighted by Crippen LogP contribution is -2.41. The number of benzene rings is 3. The van der Waals surface area contributed by atoms with Crippen LogP contribution >= 0.6 is 0 Å². The standard InChI is InChI=1S/C39H41N/c1-22-2-4-31(5-3-22)40(32-6-8-34-23-10-27-14-29-12-25(36(34)16-32)20-38(27,29)18-23)33-7-9-35-24-11-28-15-30-13-26(37(35)17-33)21-39(28,30)19-24/h2-9,16-17,23-30H,10-15,18-21H2,1H3. The van der Waals surface area contributed by atoms with Crippen molar-refractivity contribution in [1.82, 2.24) is 0 Å². The zero-order chi connectivity index (χ0) is 26.0. The molecular formula is C39H41N. The van der Waals surface area contributed by atoms with E-state index in [9.17, 15) is 0 Å². The third kappa shape index (κ3) is 2.51. The molecule has 0 N–H and O–H groups in total. The van der Waals surface area contributed by atoms with E-state index in [0.29, 0.717) is 0 Å². The Morgan fingerprint density at radius 3 is 1.32 bits per heavy atom. The predicted octanol–water partition coefficient (Wildman–Crippen LogP) is 10.2. The van der Waals surface area contributed by atoms with Gasteiger partial charge in [0.25, 0.3) is 0 Å². The van der Waals surface area contributed by atoms with E-state index in [-0.39, 0.29) is 0 Å². The molecule has 3 aromatic rings. The van der Waals surface area contributed by atoms with Crippen LogP contribution in [0.1, 0.15) is 116 Å². The highest BCUT2D eigenvalue weighted by atomic mass is 15.1. The topological polar surface area (TPSA) is 3.24 Å². The van der Waals surface area contributed by atoms with Gasteiger partial charge in [0.2, 0.25) is 0 Å². The lowest BCUT2D eigenvalue weighted by atomic mass is 9.56. The first kappa shape index (κ1) is 22.1. The van der Waals surface area contributed by atoms with Gasteiger partial charge in [-0.25, -0.2) is 0 Å². The third-order valence-electron chi connectivity index (χ3n) is 14.9. The van der Waals surface area contributed by atoms with Gasteiger partial charge in [-0.2, -0.15) is 0 Å². The summed E-state index contributed by atoms with van der Waals surface area (Å²) >= 11 is 0. The van der Waals surface area contributed by atoms with E-state index in [2.05, 4.69) is 72.5 Å². The lowest BCUT2D eigenvalue weighted by Gasteiger charge is -2.48. The molecule has 0 aromatic heterocycles. The number of fused-ring (bicyclic) bond motifs is 10. The van der Waals surface area contributed by atoms with Gasteiger partial charge >= 0.3 is 0 Å². The Bertz CT molecular complexity index is 1500. The van der Waals surface area contributed by atoms with Crippen LogP contribution in [0.4, 0.5) is 17.1 Å². The summed E-state index contributed by atoms with van der Waals surface area (Å²) in [5.74, 6) is 7.36. The molecule has 0 radical (unpaired) electrons. The molecule has 6 fully saturated rings. The van der Waals surface area contributed by atoms with E-state index in [1.54, 1.807) is 22.3 Å². The Morgan fingerprint density at radius 1 is 0.475 bits per heavy atom. The molecule has 6 saturated carbocycles. The molecule has 8 aliphatic carbocycles. The molecule has 1 heteroatoms. The Kier molecular flexibility index (Phi) is 3.91. The fourth-order valence-electron chi connectivity index (χ4n) is 13.3. The largest absolute Gasteiger partial charge is 0.310 e. The summed E-state index contributed by atoms with van der Waals surface area (Å²) in [5.41, 5.74) is 13.7. The van der Waals surface area contributed by atoms with Crippen LogP contribution in [0.15, 0.2) is 60.7 Å². The second-order valence-corrected chi connectivity index (χ2v) is 16.1. The summed E-state index contributed by atoms with van der Waals surface area (Å²) in [6.45, 7) is 2.21. The van der Waals surface area contributed by atoms with Gasteiger partial charge in [0.15, 0.2) is 0 Å². The fraction of sp³-hybridized carbons (Fsp3) is 0.538. The number of aryl methyl sites for hydroxylation is 1. The normalized spacial score (nSPS) is 43.3. The summed E-state index contributed by atoms with van der Waals surface area (Å²) in [7, 11) is 0. The van der Waals surface area contributed by atoms with Gasteiger partial charge < -0.3 is 4.90 Å². The Morgan fingerprint density at radius 2 is 0.875 bits per heavy atom. The Labute approximate surface area is 239 Å². The highest BCUT2D eigenvalue weighted by molar-refractivity contribution is 5.78. The monoisotopic (exact) mass is 523 g/mol. The molecule has 1 nitrogen and oxygen atoms in total. The van der Waals surface area contributed by atoms with Crippen molar-refractivity contribution in [2.24, 2.45) is 34.5 Å². The van der Waals surface area contributed by atoms with Crippen LogP contribution in [0.5, 0.6) is 0 Å². The molecule has 0 amide bonds. The van der Waals surface area contributed by atoms with Gasteiger partial charge in [-0.3, -0.25) is 0 Å². The van der Waals surface area contributed by atoms with E-state index in [1.807, 2.05) is 0 Å². The number of nitrogens with zero attached hydrogens (tertiary/aromatic N) is 1. The SMILES string of the molecule is Cc1ccc(N(c2ccc3c(c2)C2CC4CC5CC3CC54C2)c2ccc3c(c2)C2CC4CC5CC3CC54C2)cc1. The molecule has 3 aromatic carbocycles. The van der Waals surface area contributed by atoms with Crippen molar-refractivity contribution >= 4 is 17.1 Å². The maximum atomic E-state index is 2.66. The maximum absolute atomic E-state index is 2.66.